The van der Waals surface area contributed by atoms with Crippen LogP contribution in [0, 0.1) is 6.92 Å². The van der Waals surface area contributed by atoms with Crippen LogP contribution in [-0.4, -0.2) is 14.5 Å². The summed E-state index contributed by atoms with van der Waals surface area (Å²) in [4.78, 5) is 8.37. The van der Waals surface area contributed by atoms with Crippen LogP contribution in [0.15, 0.2) is 36.9 Å². The van der Waals surface area contributed by atoms with Gasteiger partial charge in [0.1, 0.15) is 0 Å². The van der Waals surface area contributed by atoms with Gasteiger partial charge in [-0.25, -0.2) is 4.98 Å². The van der Waals surface area contributed by atoms with E-state index in [-0.39, 0.29) is 0 Å². The van der Waals surface area contributed by atoms with Gasteiger partial charge in [-0.1, -0.05) is 0 Å². The molecule has 0 saturated carbocycles. The molecular formula is C9H9N3. The molecule has 0 bridgehead atoms. The van der Waals surface area contributed by atoms with Crippen LogP contribution in [0.4, 0.5) is 0 Å². The zero-order chi connectivity index (χ0) is 8.39. The molecule has 2 heterocycles. The largest absolute Gasteiger partial charge is 0.307 e. The molecule has 0 unspecified atom stereocenters. The molecule has 0 spiro atoms. The number of aromatic nitrogens is 3. The Bertz CT molecular complexity index is 348. The quantitative estimate of drug-likeness (QED) is 0.632. The van der Waals surface area contributed by atoms with Crippen LogP contribution < -0.4 is 0 Å². The number of rotatable bonds is 1. The molecule has 60 valence electrons. The van der Waals surface area contributed by atoms with E-state index in [0.29, 0.717) is 0 Å². The van der Waals surface area contributed by atoms with Crippen LogP contribution in [0.5, 0.6) is 0 Å². The normalized spacial score (nSPS) is 10.1. The van der Waals surface area contributed by atoms with Gasteiger partial charge in [0, 0.05) is 12.4 Å². The lowest BCUT2D eigenvalue weighted by Gasteiger charge is -1.99. The Morgan fingerprint density at radius 2 is 1.83 bits per heavy atom. The Morgan fingerprint density at radius 1 is 1.08 bits per heavy atom. The highest BCUT2D eigenvalue weighted by Crippen LogP contribution is 2.01. The summed E-state index contributed by atoms with van der Waals surface area (Å²) in [6, 6.07) is 3.92. The lowest BCUT2D eigenvalue weighted by molar-refractivity contribution is 0.966. The number of nitrogens with zero attached hydrogens (tertiary/aromatic N) is 3. The summed E-state index contributed by atoms with van der Waals surface area (Å²) >= 11 is 0. The van der Waals surface area contributed by atoms with Crippen LogP contribution in [0.1, 0.15) is 5.69 Å². The number of hydrogen-bond donors (Lipinski definition) is 0. The van der Waals surface area contributed by atoms with Gasteiger partial charge in [-0.05, 0) is 19.1 Å². The van der Waals surface area contributed by atoms with Crippen molar-refractivity contribution in [3.8, 4) is 5.82 Å². The maximum Gasteiger partial charge on any atom is 0.155 e. The molecule has 0 saturated heterocycles. The average molecular weight is 159 g/mol. The molecule has 0 aliphatic heterocycles. The molecule has 0 atom stereocenters. The monoisotopic (exact) mass is 159 g/mol. The summed E-state index contributed by atoms with van der Waals surface area (Å²) < 4.78 is 1.92. The van der Waals surface area contributed by atoms with Crippen LogP contribution in [0.3, 0.4) is 0 Å². The molecule has 3 nitrogen and oxygen atoms in total. The predicted molar refractivity (Wildman–Crippen MR) is 46.1 cm³/mol. The highest BCUT2D eigenvalue weighted by atomic mass is 15.0. The molecule has 2 aromatic rings. The summed E-state index contributed by atoms with van der Waals surface area (Å²) in [6.45, 7) is 1.92. The molecule has 12 heavy (non-hydrogen) atoms. The zero-order valence-electron chi connectivity index (χ0n) is 6.81. The summed E-state index contributed by atoms with van der Waals surface area (Å²) in [6.07, 6.45) is 7.41. The van der Waals surface area contributed by atoms with E-state index in [1.54, 1.807) is 12.4 Å². The molecule has 0 aliphatic rings. The predicted octanol–water partition coefficient (Wildman–Crippen LogP) is 1.58. The van der Waals surface area contributed by atoms with Crippen molar-refractivity contribution in [3.63, 3.8) is 0 Å². The first-order valence-corrected chi connectivity index (χ1v) is 3.78. The third kappa shape index (κ3) is 1.21. The first-order valence-electron chi connectivity index (χ1n) is 3.78. The second-order valence-electron chi connectivity index (χ2n) is 2.61. The van der Waals surface area contributed by atoms with E-state index >= 15 is 0 Å². The first kappa shape index (κ1) is 7.03. The van der Waals surface area contributed by atoms with Crippen LogP contribution >= 0.6 is 0 Å². The highest BCUT2D eigenvalue weighted by Gasteiger charge is 1.94. The van der Waals surface area contributed by atoms with Gasteiger partial charge in [0.2, 0.25) is 0 Å². The molecule has 0 aliphatic carbocycles. The van der Waals surface area contributed by atoms with Crippen molar-refractivity contribution in [1.82, 2.24) is 14.5 Å². The first-order chi connectivity index (χ1) is 5.86. The van der Waals surface area contributed by atoms with E-state index in [9.17, 15) is 0 Å². The Hall–Kier alpha value is -1.64. The minimum Gasteiger partial charge on any atom is -0.307 e. The van der Waals surface area contributed by atoms with Gasteiger partial charge in [-0.15, -0.1) is 0 Å². The summed E-state index contributed by atoms with van der Waals surface area (Å²) in [5.74, 6) is 0.852. The lowest BCUT2D eigenvalue weighted by atomic mass is 10.5. The van der Waals surface area contributed by atoms with E-state index in [4.69, 9.17) is 0 Å². The van der Waals surface area contributed by atoms with Crippen molar-refractivity contribution in [2.45, 2.75) is 6.92 Å². The SMILES string of the molecule is Cc1cnc(-n2cccc2)cn1. The highest BCUT2D eigenvalue weighted by molar-refractivity contribution is 5.19. The van der Waals surface area contributed by atoms with E-state index < -0.39 is 0 Å². The molecule has 2 aromatic heterocycles. The second-order valence-corrected chi connectivity index (χ2v) is 2.61. The van der Waals surface area contributed by atoms with E-state index in [0.717, 1.165) is 11.5 Å². The fourth-order valence-electron chi connectivity index (χ4n) is 1.01. The lowest BCUT2D eigenvalue weighted by Crippen LogP contribution is -1.95. The molecule has 2 rings (SSSR count). The maximum absolute atomic E-state index is 4.22. The van der Waals surface area contributed by atoms with Gasteiger partial charge in [0.25, 0.3) is 0 Å². The minimum absolute atomic E-state index is 0.852. The van der Waals surface area contributed by atoms with E-state index in [1.165, 1.54) is 0 Å². The average Bonchev–Trinajstić information content (AvgIpc) is 2.58. The zero-order valence-corrected chi connectivity index (χ0v) is 6.81. The van der Waals surface area contributed by atoms with Gasteiger partial charge in [0.05, 0.1) is 18.1 Å². The van der Waals surface area contributed by atoms with Crippen molar-refractivity contribution in [2.75, 3.05) is 0 Å². The van der Waals surface area contributed by atoms with Gasteiger partial charge < -0.3 is 4.57 Å². The number of aryl methyl sites for hydroxylation is 1. The van der Waals surface area contributed by atoms with Gasteiger partial charge >= 0.3 is 0 Å². The molecule has 0 aromatic carbocycles. The number of hydrogen-bond acceptors (Lipinski definition) is 2. The standard InChI is InChI=1S/C9H9N3/c1-8-6-11-9(7-10-8)12-4-2-3-5-12/h2-7H,1H3. The van der Waals surface area contributed by atoms with Crippen LogP contribution in [-0.2, 0) is 0 Å². The molecule has 0 radical (unpaired) electrons. The van der Waals surface area contributed by atoms with Crippen molar-refractivity contribution in [1.29, 1.82) is 0 Å². The fourth-order valence-corrected chi connectivity index (χ4v) is 1.01. The van der Waals surface area contributed by atoms with Crippen LogP contribution in [0.25, 0.3) is 5.82 Å². The van der Waals surface area contributed by atoms with Crippen molar-refractivity contribution < 1.29 is 0 Å². The van der Waals surface area contributed by atoms with Crippen LogP contribution in [0.2, 0.25) is 0 Å². The topological polar surface area (TPSA) is 30.7 Å². The van der Waals surface area contributed by atoms with Gasteiger partial charge in [0.15, 0.2) is 5.82 Å². The Morgan fingerprint density at radius 3 is 2.42 bits per heavy atom. The third-order valence-electron chi connectivity index (χ3n) is 1.64. The fraction of sp³-hybridized carbons (Fsp3) is 0.111. The molecular weight excluding hydrogens is 150 g/mol. The van der Waals surface area contributed by atoms with E-state index in [2.05, 4.69) is 9.97 Å². The maximum atomic E-state index is 4.22. The van der Waals surface area contributed by atoms with Gasteiger partial charge in [-0.2, -0.15) is 0 Å². The molecule has 0 N–H and O–H groups in total. The summed E-state index contributed by atoms with van der Waals surface area (Å²) in [5, 5.41) is 0. The Labute approximate surface area is 70.7 Å². The minimum atomic E-state index is 0.852. The summed E-state index contributed by atoms with van der Waals surface area (Å²) in [5.41, 5.74) is 0.936. The Kier molecular flexibility index (Phi) is 1.63. The van der Waals surface area contributed by atoms with Crippen molar-refractivity contribution >= 4 is 0 Å². The van der Waals surface area contributed by atoms with E-state index in [1.807, 2.05) is 36.0 Å². The smallest absolute Gasteiger partial charge is 0.155 e. The third-order valence-corrected chi connectivity index (χ3v) is 1.64. The van der Waals surface area contributed by atoms with Gasteiger partial charge in [-0.3, -0.25) is 4.98 Å². The van der Waals surface area contributed by atoms with Crippen molar-refractivity contribution in [2.24, 2.45) is 0 Å². The molecule has 0 fully saturated rings. The Balaban J connectivity index is 2.43. The second kappa shape index (κ2) is 2.77. The van der Waals surface area contributed by atoms with Crippen molar-refractivity contribution in [3.05, 3.63) is 42.6 Å². The summed E-state index contributed by atoms with van der Waals surface area (Å²) in [7, 11) is 0. The molecule has 0 amide bonds. The molecule has 3 heteroatoms.